The van der Waals surface area contributed by atoms with E-state index in [1.54, 1.807) is 11.8 Å². The molecule has 0 aromatic carbocycles. The average molecular weight is 776 g/mol. The number of thioether (sulfide) groups is 1. The number of rotatable bonds is 20. The Labute approximate surface area is 328 Å². The van der Waals surface area contributed by atoms with E-state index in [4.69, 9.17) is 18.6 Å². The summed E-state index contributed by atoms with van der Waals surface area (Å²) in [5.41, 5.74) is -5.80. The monoisotopic (exact) mass is 775 g/mol. The van der Waals surface area contributed by atoms with Crippen LogP contribution in [0.1, 0.15) is 128 Å². The molecule has 4 amide bonds. The number of nitrogens with one attached hydrogen (secondary N) is 3. The number of aliphatic carboxylic acids is 1. The van der Waals surface area contributed by atoms with Gasteiger partial charge in [0.1, 0.15) is 4.32 Å². The van der Waals surface area contributed by atoms with Gasteiger partial charge in [-0.05, 0) is 54.3 Å². The minimum absolute atomic E-state index is 0.0256. The van der Waals surface area contributed by atoms with Crippen molar-refractivity contribution in [2.24, 2.45) is 37.9 Å². The quantitative estimate of drug-likeness (QED) is 0.0818. The van der Waals surface area contributed by atoms with Crippen LogP contribution in [0.4, 0.5) is 0 Å². The second-order valence-corrected chi connectivity index (χ2v) is 20.1. The van der Waals surface area contributed by atoms with Crippen molar-refractivity contribution in [1.29, 1.82) is 5.26 Å². The first-order valence-electron chi connectivity index (χ1n) is 18.4. The summed E-state index contributed by atoms with van der Waals surface area (Å²) in [5, 5.41) is 28.5. The van der Waals surface area contributed by atoms with Crippen LogP contribution in [0, 0.1) is 61.6 Å². The fourth-order valence-electron chi connectivity index (χ4n) is 8.11. The Morgan fingerprint density at radius 3 is 1.85 bits per heavy atom. The molecule has 0 aliphatic carbocycles. The lowest BCUT2D eigenvalue weighted by atomic mass is 9.48. The number of hydrogen-bond donors (Lipinski definition) is 4. The second-order valence-electron chi connectivity index (χ2n) is 18.4. The van der Waals surface area contributed by atoms with Gasteiger partial charge in [0.2, 0.25) is 23.6 Å². The van der Waals surface area contributed by atoms with Gasteiger partial charge < -0.3 is 21.1 Å². The van der Waals surface area contributed by atoms with Gasteiger partial charge in [0.05, 0.1) is 35.3 Å². The standard InChI is InChI=1S/C40H65N5O6S2/c1-14-19-42-28(46)15-18-38(11,27-41)37(9,10)40(13,32(51)44-21-17-30(48)49)26-35(5,6)25-36(7,8)39(12,24-34(2,3)4)31(50)43-20-16-29(47)45-22-23-53-33(45)52/h1H,15-26H2,2-13H3,(H,42,46)(H,43,50)(H,44,51)(H,48,49). The number of carboxylic acids is 1. The maximum Gasteiger partial charge on any atom is 0.305 e. The Bertz CT molecular complexity index is 1470. The Morgan fingerprint density at radius 2 is 1.38 bits per heavy atom. The molecule has 0 spiro atoms. The number of nitriles is 1. The van der Waals surface area contributed by atoms with Crippen LogP contribution in [0.15, 0.2) is 0 Å². The zero-order valence-electron chi connectivity index (χ0n) is 34.3. The first-order valence-corrected chi connectivity index (χ1v) is 19.8. The number of nitrogens with zero attached hydrogens (tertiary/aromatic N) is 2. The van der Waals surface area contributed by atoms with Crippen LogP contribution >= 0.6 is 24.0 Å². The van der Waals surface area contributed by atoms with E-state index in [-0.39, 0.29) is 80.8 Å². The second kappa shape index (κ2) is 18.4. The highest BCUT2D eigenvalue weighted by Crippen LogP contribution is 2.60. The largest absolute Gasteiger partial charge is 0.481 e. The Morgan fingerprint density at radius 1 is 0.830 bits per heavy atom. The van der Waals surface area contributed by atoms with Gasteiger partial charge in [-0.1, -0.05) is 106 Å². The number of thiocarbonyl (C=S) groups is 1. The first kappa shape index (κ1) is 47.9. The summed E-state index contributed by atoms with van der Waals surface area (Å²) in [5.74, 6) is 1.14. The fraction of sp³-hybridized carbons (Fsp3) is 0.775. The zero-order chi connectivity index (χ0) is 41.3. The predicted molar refractivity (Wildman–Crippen MR) is 215 cm³/mol. The number of hydrogen-bond acceptors (Lipinski definition) is 8. The van der Waals surface area contributed by atoms with Crippen molar-refractivity contribution >= 4 is 57.9 Å². The molecule has 13 heteroatoms. The molecule has 1 aliphatic rings. The van der Waals surface area contributed by atoms with Crippen molar-refractivity contribution in [3.05, 3.63) is 0 Å². The molecule has 298 valence electrons. The maximum atomic E-state index is 14.3. The van der Waals surface area contributed by atoms with Crippen LogP contribution in [0.25, 0.3) is 0 Å². The molecule has 1 fully saturated rings. The normalized spacial score (nSPS) is 17.3. The molecule has 3 atom stereocenters. The van der Waals surface area contributed by atoms with Gasteiger partial charge in [0.15, 0.2) is 0 Å². The molecule has 0 saturated carbocycles. The molecule has 11 nitrogen and oxygen atoms in total. The Kier molecular flexibility index (Phi) is 16.7. The van der Waals surface area contributed by atoms with Crippen molar-refractivity contribution in [1.82, 2.24) is 20.9 Å². The summed E-state index contributed by atoms with van der Waals surface area (Å²) in [6, 6.07) is 2.43. The predicted octanol–water partition coefficient (Wildman–Crippen LogP) is 6.31. The van der Waals surface area contributed by atoms with Gasteiger partial charge >= 0.3 is 5.97 Å². The number of carbonyl (C=O) groups excluding carboxylic acids is 4. The summed E-state index contributed by atoms with van der Waals surface area (Å²) >= 11 is 6.78. The lowest BCUT2D eigenvalue weighted by Gasteiger charge is -2.55. The molecule has 1 aliphatic heterocycles. The number of carboxylic acid groups (broad SMARTS) is 1. The minimum Gasteiger partial charge on any atom is -0.481 e. The molecule has 3 unspecified atom stereocenters. The van der Waals surface area contributed by atoms with Gasteiger partial charge in [-0.25, -0.2) is 0 Å². The third-order valence-corrected chi connectivity index (χ3v) is 13.1. The number of carbonyl (C=O) groups is 5. The van der Waals surface area contributed by atoms with E-state index in [0.717, 1.165) is 5.75 Å². The molecule has 0 radical (unpaired) electrons. The summed E-state index contributed by atoms with van der Waals surface area (Å²) < 4.78 is 0.564. The van der Waals surface area contributed by atoms with Crippen LogP contribution in [-0.4, -0.2) is 75.9 Å². The van der Waals surface area contributed by atoms with Crippen molar-refractivity contribution in [2.45, 2.75) is 128 Å². The third-order valence-electron chi connectivity index (χ3n) is 11.7. The molecular formula is C40H65N5O6S2. The van der Waals surface area contributed by atoms with Crippen molar-refractivity contribution in [2.75, 3.05) is 31.9 Å². The van der Waals surface area contributed by atoms with Crippen LogP contribution < -0.4 is 16.0 Å². The van der Waals surface area contributed by atoms with Crippen LogP contribution in [0.2, 0.25) is 0 Å². The highest BCUT2D eigenvalue weighted by molar-refractivity contribution is 8.23. The average Bonchev–Trinajstić information content (AvgIpc) is 3.45. The fourth-order valence-corrected chi connectivity index (χ4v) is 9.35. The molecule has 0 bridgehead atoms. The molecule has 4 N–H and O–H groups in total. The third kappa shape index (κ3) is 12.4. The lowest BCUT2D eigenvalue weighted by Crippen LogP contribution is -2.57. The molecule has 0 aromatic heterocycles. The van der Waals surface area contributed by atoms with Crippen molar-refractivity contribution < 1.29 is 29.1 Å². The molecule has 1 rings (SSSR count). The summed E-state index contributed by atoms with van der Waals surface area (Å²) in [7, 11) is 0. The SMILES string of the molecule is C#CCNC(=O)CCC(C)(C#N)C(C)(C)C(C)(CC(C)(C)CC(C)(C)C(C)(CC(C)(C)C)C(=O)NCCC(=O)N1CCSC1=S)C(=O)NCCC(=O)O. The van der Waals surface area contributed by atoms with E-state index < -0.39 is 38.5 Å². The highest BCUT2D eigenvalue weighted by Gasteiger charge is 2.59. The zero-order valence-corrected chi connectivity index (χ0v) is 35.9. The Balaban J connectivity index is 3.55. The number of terminal acetylenes is 1. The van der Waals surface area contributed by atoms with Crippen molar-refractivity contribution in [3.8, 4) is 18.4 Å². The van der Waals surface area contributed by atoms with Gasteiger partial charge in [-0.15, -0.1) is 6.42 Å². The van der Waals surface area contributed by atoms with Crippen LogP contribution in [0.5, 0.6) is 0 Å². The smallest absolute Gasteiger partial charge is 0.305 e. The van der Waals surface area contributed by atoms with E-state index in [1.165, 1.54) is 11.8 Å². The lowest BCUT2D eigenvalue weighted by molar-refractivity contribution is -0.151. The van der Waals surface area contributed by atoms with Crippen LogP contribution in [-0.2, 0) is 24.0 Å². The van der Waals surface area contributed by atoms with E-state index in [9.17, 15) is 34.3 Å². The van der Waals surface area contributed by atoms with Gasteiger partial charge in [-0.3, -0.25) is 28.9 Å². The number of amides is 4. The van der Waals surface area contributed by atoms with Crippen molar-refractivity contribution in [3.63, 3.8) is 0 Å². The maximum absolute atomic E-state index is 14.3. The van der Waals surface area contributed by atoms with Crippen LogP contribution in [0.3, 0.4) is 0 Å². The highest BCUT2D eigenvalue weighted by atomic mass is 32.2. The van der Waals surface area contributed by atoms with E-state index in [1.807, 2.05) is 27.7 Å². The van der Waals surface area contributed by atoms with Gasteiger partial charge in [0.25, 0.3) is 0 Å². The summed E-state index contributed by atoms with van der Waals surface area (Å²) in [4.78, 5) is 67.0. The molecule has 53 heavy (non-hydrogen) atoms. The van der Waals surface area contributed by atoms with Gasteiger partial charge in [0, 0.05) is 38.2 Å². The summed E-state index contributed by atoms with van der Waals surface area (Å²) in [6.45, 7) is 24.5. The first-order chi connectivity index (χ1) is 24.0. The van der Waals surface area contributed by atoms with E-state index in [0.29, 0.717) is 23.7 Å². The minimum atomic E-state index is -1.23. The molecule has 1 saturated heterocycles. The molecule has 0 aromatic rings. The Hall–Kier alpha value is -3.16. The summed E-state index contributed by atoms with van der Waals surface area (Å²) in [6.07, 6.45) is 6.68. The molecular weight excluding hydrogens is 711 g/mol. The van der Waals surface area contributed by atoms with Gasteiger partial charge in [-0.2, -0.15) is 5.26 Å². The molecule has 1 heterocycles. The topological polar surface area (TPSA) is 169 Å². The van der Waals surface area contributed by atoms with E-state index >= 15 is 0 Å². The van der Waals surface area contributed by atoms with E-state index in [2.05, 4.69) is 76.4 Å².